The first-order chi connectivity index (χ1) is 28.3. The molecule has 0 radical (unpaired) electrons. The van der Waals surface area contributed by atoms with Crippen LogP contribution in [0.5, 0.6) is 0 Å². The van der Waals surface area contributed by atoms with Gasteiger partial charge in [-0.25, -0.2) is 0 Å². The number of rotatable bonds is 34. The van der Waals surface area contributed by atoms with Crippen LogP contribution in [0.1, 0.15) is 110 Å². The van der Waals surface area contributed by atoms with E-state index in [1.807, 2.05) is 69.2 Å². The Hall–Kier alpha value is 3.71. The lowest BCUT2D eigenvalue weighted by atomic mass is 9.86. The highest BCUT2D eigenvalue weighted by Crippen LogP contribution is 2.80. The molecule has 0 N–H and O–H groups in total. The van der Waals surface area contributed by atoms with Gasteiger partial charge in [0.25, 0.3) is 0 Å². The van der Waals surface area contributed by atoms with Gasteiger partial charge in [-0.2, -0.15) is 50.5 Å². The van der Waals surface area contributed by atoms with Gasteiger partial charge in [-0.05, 0) is 110 Å². The fraction of sp³-hybridized carbons (Fsp3) is 0.833. The predicted molar refractivity (Wildman–Crippen MR) is 301 cm³/mol. The van der Waals surface area contributed by atoms with E-state index in [1.54, 1.807) is 0 Å². The van der Waals surface area contributed by atoms with E-state index in [0.717, 1.165) is 16.7 Å². The molecule has 6 atom stereocenters. The molecule has 0 aliphatic rings. The molecule has 0 aliphatic carbocycles. The van der Waals surface area contributed by atoms with Crippen molar-refractivity contribution < 1.29 is 39.8 Å². The zero-order chi connectivity index (χ0) is 46.1. The molecule has 60 heavy (non-hydrogen) atoms. The van der Waals surface area contributed by atoms with E-state index in [4.69, 9.17) is 137 Å². The Labute approximate surface area is 420 Å². The second-order valence-electron chi connectivity index (χ2n) is 13.2. The summed E-state index contributed by atoms with van der Waals surface area (Å²) in [5.41, 5.74) is 2.76. The molecule has 0 aromatic heterocycles. The Morgan fingerprint density at radius 2 is 0.900 bits per heavy atom. The van der Waals surface area contributed by atoms with Crippen molar-refractivity contribution in [3.8, 4) is 0 Å². The van der Waals surface area contributed by atoms with Gasteiger partial charge >= 0.3 is 26.4 Å². The number of thiol groups is 8. The van der Waals surface area contributed by atoms with E-state index in [-0.39, 0.29) is 10.5 Å². The van der Waals surface area contributed by atoms with Crippen molar-refractivity contribution in [1.29, 1.82) is 0 Å². The molecule has 0 spiro atoms. The van der Waals surface area contributed by atoms with E-state index < -0.39 is 56.3 Å². The van der Waals surface area contributed by atoms with Crippen molar-refractivity contribution >= 4 is 159 Å². The minimum Gasteiger partial charge on any atom is -0.374 e. The highest BCUT2D eigenvalue weighted by Gasteiger charge is 2.69. The van der Waals surface area contributed by atoms with Crippen molar-refractivity contribution in [1.82, 2.24) is 0 Å². The first-order valence-corrected chi connectivity index (χ1v) is 38.8. The second-order valence-corrected chi connectivity index (χ2v) is 43.1. The van der Waals surface area contributed by atoms with Gasteiger partial charge < -0.3 is 39.8 Å². The normalized spacial score (nSPS) is 18.9. The smallest absolute Gasteiger partial charge is 0.374 e. The second kappa shape index (κ2) is 29.0. The highest BCUT2D eigenvalue weighted by atomic mass is 33.7. The molecule has 358 valence electrons. The van der Waals surface area contributed by atoms with E-state index in [0.29, 0.717) is 83.1 Å². The number of benzene rings is 1. The maximum atomic E-state index is 6.67. The Morgan fingerprint density at radius 1 is 0.567 bits per heavy atom. The van der Waals surface area contributed by atoms with E-state index in [2.05, 4.69) is 32.0 Å². The molecule has 1 aromatic rings. The van der Waals surface area contributed by atoms with Crippen LogP contribution in [0.3, 0.4) is 0 Å². The van der Waals surface area contributed by atoms with Crippen molar-refractivity contribution in [2.75, 3.05) is 71.0 Å². The lowest BCUT2D eigenvalue weighted by Gasteiger charge is -2.53. The molecule has 0 amide bonds. The summed E-state index contributed by atoms with van der Waals surface area (Å²) < 4.78 is 56.9. The van der Waals surface area contributed by atoms with Gasteiger partial charge in [-0.15, -0.1) is 62.8 Å². The molecular weight excluding hydrogens is 1050 g/mol. The Balaban J connectivity index is 5.12. The first kappa shape index (κ1) is 61.7. The zero-order valence-corrected chi connectivity index (χ0v) is 51.0. The lowest BCUT2D eigenvalue weighted by molar-refractivity contribution is 0.0629. The molecular formula is C36H76O9S12Si3. The lowest BCUT2D eigenvalue weighted by Crippen LogP contribution is -2.68. The SMILES string of the molecule is CCO[Si](CC(c1cccc(C(S)(C(C)S)C(S)(S)[Si](OCC)(OCC)OCC)c1C(C[Si](OCC)(OCC)OCC)S(S)(CC)SS)S(S)(CC)SS)(OCC)OCC. The maximum Gasteiger partial charge on any atom is 0.529 e. The largest absolute Gasteiger partial charge is 0.529 e. The number of hydrogen-bond donors (Lipinski definition) is 8. The fourth-order valence-corrected chi connectivity index (χ4v) is 33.0. The molecule has 0 bridgehead atoms. The van der Waals surface area contributed by atoms with Crippen molar-refractivity contribution in [2.45, 2.75) is 119 Å². The maximum absolute atomic E-state index is 6.67. The van der Waals surface area contributed by atoms with Gasteiger partial charge in [-0.3, -0.25) is 0 Å². The highest BCUT2D eigenvalue weighted by molar-refractivity contribution is 9.34. The zero-order valence-electron chi connectivity index (χ0n) is 37.5. The molecule has 0 saturated carbocycles. The summed E-state index contributed by atoms with van der Waals surface area (Å²) in [5.74, 6) is 1.40. The minimum atomic E-state index is -3.85. The molecule has 24 heteroatoms. The van der Waals surface area contributed by atoms with Crippen molar-refractivity contribution in [3.63, 3.8) is 0 Å². The summed E-state index contributed by atoms with van der Waals surface area (Å²) >= 11 is 43.3. The van der Waals surface area contributed by atoms with Crippen molar-refractivity contribution in [2.24, 2.45) is 0 Å². The van der Waals surface area contributed by atoms with E-state index >= 15 is 0 Å². The van der Waals surface area contributed by atoms with Crippen LogP contribution in [-0.4, -0.2) is 106 Å². The van der Waals surface area contributed by atoms with Crippen LogP contribution in [0.25, 0.3) is 0 Å². The van der Waals surface area contributed by atoms with Crippen LogP contribution < -0.4 is 0 Å². The fourth-order valence-electron chi connectivity index (χ4n) is 7.33. The van der Waals surface area contributed by atoms with Crippen LogP contribution in [-0.2, 0) is 44.6 Å². The predicted octanol–water partition coefficient (Wildman–Crippen LogP) is 12.8. The van der Waals surface area contributed by atoms with Gasteiger partial charge in [-0.1, -0.05) is 39.0 Å². The molecule has 1 aromatic carbocycles. The summed E-state index contributed by atoms with van der Waals surface area (Å²) in [6.07, 6.45) is 0. The third-order valence-electron chi connectivity index (χ3n) is 9.82. The first-order valence-electron chi connectivity index (χ1n) is 20.7. The van der Waals surface area contributed by atoms with E-state index in [1.165, 1.54) is 19.7 Å². The topological polar surface area (TPSA) is 83.1 Å². The van der Waals surface area contributed by atoms with Crippen LogP contribution in [0.2, 0.25) is 12.1 Å². The minimum absolute atomic E-state index is 0.294. The number of hydrogen-bond acceptors (Lipinski definition) is 19. The molecule has 6 unspecified atom stereocenters. The van der Waals surface area contributed by atoms with Gasteiger partial charge in [0.2, 0.25) is 0 Å². The molecule has 0 heterocycles. The quantitative estimate of drug-likeness (QED) is 0.0147. The van der Waals surface area contributed by atoms with Crippen LogP contribution in [0.15, 0.2) is 18.2 Å². The molecule has 9 nitrogen and oxygen atoms in total. The standard InChI is InChI=1S/C36H76O9S12Si3/c1-13-37-58(38-14-2,39-15-3)27-32(56(52,22-10)54-50)30-25-24-26-31(35(47,29(12)46)36(48,49)60(43-19-7,44-20-8)45-21-9)34(30)33(57(53,23-11)55-51)28-59(40-16-4,41-17-5)42-18-6/h24-26,29,32-33,46-53H,13-23,27-28H2,1-12H3. The average molecular weight is 1120 g/mol. The molecule has 0 saturated heterocycles. The summed E-state index contributed by atoms with van der Waals surface area (Å²) in [7, 11) is -11.7. The monoisotopic (exact) mass is 1120 g/mol. The van der Waals surface area contributed by atoms with Crippen LogP contribution in [0, 0.1) is 0 Å². The average Bonchev–Trinajstić information content (AvgIpc) is 3.21. The van der Waals surface area contributed by atoms with Gasteiger partial charge in [0, 0.05) is 87.3 Å². The molecule has 0 aliphatic heterocycles. The van der Waals surface area contributed by atoms with Gasteiger partial charge in [0.05, 0.1) is 4.75 Å². The van der Waals surface area contributed by atoms with Crippen LogP contribution in [0.4, 0.5) is 0 Å². The van der Waals surface area contributed by atoms with E-state index in [9.17, 15) is 0 Å². The summed E-state index contributed by atoms with van der Waals surface area (Å²) in [6.45, 7) is 27.3. The van der Waals surface area contributed by atoms with Gasteiger partial charge in [0.1, 0.15) is 3.70 Å². The Kier molecular flexibility index (Phi) is 29.9. The molecule has 0 fully saturated rings. The Morgan fingerprint density at radius 3 is 1.20 bits per heavy atom. The molecule has 1 rings (SSSR count). The Bertz CT molecular complexity index is 1320. The van der Waals surface area contributed by atoms with Crippen LogP contribution >= 0.6 is 133 Å². The summed E-state index contributed by atoms with van der Waals surface area (Å²) in [5, 5.41) is -1.18. The third-order valence-corrected chi connectivity index (χ3v) is 44.8. The van der Waals surface area contributed by atoms with Crippen molar-refractivity contribution in [3.05, 3.63) is 34.9 Å². The third kappa shape index (κ3) is 14.4. The summed E-state index contributed by atoms with van der Waals surface area (Å²) in [6, 6.07) is 7.17. The summed E-state index contributed by atoms with van der Waals surface area (Å²) in [4.78, 5) is 0. The van der Waals surface area contributed by atoms with Gasteiger partial charge in [0.15, 0.2) is 0 Å².